The predicted octanol–water partition coefficient (Wildman–Crippen LogP) is 1.11. The van der Waals surface area contributed by atoms with Gasteiger partial charge in [-0.25, -0.2) is 8.42 Å². The number of ether oxygens (including phenoxy) is 1. The van der Waals surface area contributed by atoms with Crippen molar-refractivity contribution in [3.63, 3.8) is 0 Å². The molecule has 4 N–H and O–H groups in total. The van der Waals surface area contributed by atoms with Gasteiger partial charge in [0.1, 0.15) is 16.5 Å². The Morgan fingerprint density at radius 2 is 2.16 bits per heavy atom. The molecule has 7 nitrogen and oxygen atoms in total. The molecule has 2 aromatic rings. The van der Waals surface area contributed by atoms with Gasteiger partial charge in [0, 0.05) is 11.8 Å². The summed E-state index contributed by atoms with van der Waals surface area (Å²) in [7, 11) is -2.39. The lowest BCUT2D eigenvalue weighted by Crippen LogP contribution is -2.15. The minimum absolute atomic E-state index is 0.0206. The van der Waals surface area contributed by atoms with Crippen molar-refractivity contribution >= 4 is 21.5 Å². The Bertz CT molecular complexity index is 680. The molecule has 8 heteroatoms. The van der Waals surface area contributed by atoms with E-state index in [9.17, 15) is 8.42 Å². The monoisotopic (exact) mass is 282 g/mol. The Morgan fingerprint density at radius 3 is 2.74 bits per heavy atom. The Kier molecular flexibility index (Phi) is 3.34. The second-order valence-electron chi connectivity index (χ2n) is 3.94. The van der Waals surface area contributed by atoms with Crippen LogP contribution in [0.15, 0.2) is 29.3 Å². The van der Waals surface area contributed by atoms with Gasteiger partial charge in [-0.2, -0.15) is 5.10 Å². The fraction of sp³-hybridized carbons (Fsp3) is 0.182. The number of aromatic amines is 1. The number of aryl methyl sites for hydroxylation is 1. The number of nitrogens with one attached hydrogen (secondary N) is 2. The lowest BCUT2D eigenvalue weighted by atomic mass is 10.2. The van der Waals surface area contributed by atoms with E-state index in [1.54, 1.807) is 13.0 Å². The van der Waals surface area contributed by atoms with E-state index in [1.165, 1.54) is 25.4 Å². The average molecular weight is 282 g/mol. The first-order chi connectivity index (χ1) is 8.94. The van der Waals surface area contributed by atoms with E-state index in [2.05, 4.69) is 14.9 Å². The first kappa shape index (κ1) is 13.2. The quantitative estimate of drug-likeness (QED) is 0.728. The van der Waals surface area contributed by atoms with Crippen molar-refractivity contribution in [3.05, 3.63) is 30.0 Å². The predicted molar refractivity (Wildman–Crippen MR) is 71.5 cm³/mol. The van der Waals surface area contributed by atoms with Crippen LogP contribution in [0, 0.1) is 6.92 Å². The number of methoxy groups -OCH3 is 1. The molecule has 0 fully saturated rings. The third-order valence-corrected chi connectivity index (χ3v) is 3.97. The number of anilines is 2. The number of nitrogens with two attached hydrogens (primary N) is 1. The van der Waals surface area contributed by atoms with Crippen LogP contribution in [0.4, 0.5) is 11.5 Å². The number of nitrogen functional groups attached to an aromatic ring is 1. The molecule has 0 aliphatic heterocycles. The lowest BCUT2D eigenvalue weighted by Gasteiger charge is -2.12. The van der Waals surface area contributed by atoms with Crippen molar-refractivity contribution in [3.8, 4) is 5.75 Å². The zero-order chi connectivity index (χ0) is 14.0. The van der Waals surface area contributed by atoms with Crippen LogP contribution in [0.25, 0.3) is 0 Å². The van der Waals surface area contributed by atoms with Crippen LogP contribution in [0.1, 0.15) is 5.56 Å². The van der Waals surface area contributed by atoms with Gasteiger partial charge >= 0.3 is 0 Å². The maximum absolute atomic E-state index is 12.2. The highest BCUT2D eigenvalue weighted by Crippen LogP contribution is 2.29. The molecule has 0 aliphatic carbocycles. The highest BCUT2D eigenvalue weighted by atomic mass is 32.2. The molecular weight excluding hydrogens is 268 g/mol. The Labute approximate surface area is 110 Å². The van der Waals surface area contributed by atoms with Gasteiger partial charge in [0.05, 0.1) is 13.3 Å². The number of hydrogen-bond donors (Lipinski definition) is 3. The van der Waals surface area contributed by atoms with Crippen molar-refractivity contribution in [2.24, 2.45) is 0 Å². The first-order valence-electron chi connectivity index (χ1n) is 5.40. The lowest BCUT2D eigenvalue weighted by molar-refractivity contribution is 0.402. The number of aromatic nitrogens is 2. The first-order valence-corrected chi connectivity index (χ1v) is 6.88. The van der Waals surface area contributed by atoms with Gasteiger partial charge < -0.3 is 10.5 Å². The number of rotatable bonds is 4. The summed E-state index contributed by atoms with van der Waals surface area (Å²) in [6, 6.07) is 4.45. The van der Waals surface area contributed by atoms with Crippen LogP contribution in [0.5, 0.6) is 5.75 Å². The van der Waals surface area contributed by atoms with Crippen LogP contribution in [0.2, 0.25) is 0 Å². The van der Waals surface area contributed by atoms with Gasteiger partial charge in [-0.1, -0.05) is 0 Å². The summed E-state index contributed by atoms with van der Waals surface area (Å²) in [4.78, 5) is -0.0206. The number of H-pyrrole nitrogens is 1. The van der Waals surface area contributed by atoms with E-state index in [1.807, 2.05) is 0 Å². The van der Waals surface area contributed by atoms with Gasteiger partial charge in [0.2, 0.25) is 0 Å². The molecular formula is C11H14N4O3S. The molecule has 0 unspecified atom stereocenters. The van der Waals surface area contributed by atoms with E-state index in [0.717, 1.165) is 5.56 Å². The second kappa shape index (κ2) is 4.81. The van der Waals surface area contributed by atoms with Crippen molar-refractivity contribution in [1.29, 1.82) is 0 Å². The standard InChI is InChI=1S/C11H14N4O3S/c1-7-5-9(18-2)10(6-8(7)12)19(16,17)15-11-3-4-13-14-11/h3-6H,12H2,1-2H3,(H2,13,14,15). The number of sulfonamides is 1. The van der Waals surface area contributed by atoms with Crippen molar-refractivity contribution in [2.45, 2.75) is 11.8 Å². The summed E-state index contributed by atoms with van der Waals surface area (Å²) in [6.45, 7) is 1.77. The average Bonchev–Trinajstić information content (AvgIpc) is 2.84. The number of hydrogen-bond acceptors (Lipinski definition) is 5. The molecule has 0 atom stereocenters. The SMILES string of the molecule is COc1cc(C)c(N)cc1S(=O)(=O)Nc1ccn[nH]1. The molecule has 0 bridgehead atoms. The van der Waals surface area contributed by atoms with Crippen LogP contribution >= 0.6 is 0 Å². The van der Waals surface area contributed by atoms with E-state index in [0.29, 0.717) is 5.69 Å². The Morgan fingerprint density at radius 1 is 1.42 bits per heavy atom. The molecule has 102 valence electrons. The molecule has 2 rings (SSSR count). The summed E-state index contributed by atoms with van der Waals surface area (Å²) in [6.07, 6.45) is 1.44. The maximum Gasteiger partial charge on any atom is 0.266 e. The minimum Gasteiger partial charge on any atom is -0.495 e. The Hall–Kier alpha value is -2.22. The zero-order valence-corrected chi connectivity index (χ0v) is 11.3. The third-order valence-electron chi connectivity index (χ3n) is 2.59. The highest BCUT2D eigenvalue weighted by molar-refractivity contribution is 7.92. The summed E-state index contributed by atoms with van der Waals surface area (Å²) in [5.41, 5.74) is 6.87. The van der Waals surface area contributed by atoms with Crippen LogP contribution in [-0.2, 0) is 10.0 Å². The number of benzene rings is 1. The van der Waals surface area contributed by atoms with Gasteiger partial charge in [-0.05, 0) is 24.6 Å². The van der Waals surface area contributed by atoms with E-state index in [4.69, 9.17) is 10.5 Å². The molecule has 0 saturated carbocycles. The van der Waals surface area contributed by atoms with Gasteiger partial charge in [-0.15, -0.1) is 0 Å². The fourth-order valence-corrected chi connectivity index (χ4v) is 2.76. The smallest absolute Gasteiger partial charge is 0.266 e. The van der Waals surface area contributed by atoms with E-state index >= 15 is 0 Å². The minimum atomic E-state index is -3.79. The van der Waals surface area contributed by atoms with Gasteiger partial charge in [-0.3, -0.25) is 9.82 Å². The molecule has 1 aromatic carbocycles. The summed E-state index contributed by atoms with van der Waals surface area (Å²) >= 11 is 0. The van der Waals surface area contributed by atoms with Crippen LogP contribution in [-0.4, -0.2) is 25.7 Å². The molecule has 0 amide bonds. The maximum atomic E-state index is 12.2. The molecule has 0 saturated heterocycles. The molecule has 1 aromatic heterocycles. The summed E-state index contributed by atoms with van der Waals surface area (Å²) in [5, 5.41) is 6.18. The van der Waals surface area contributed by atoms with Crippen molar-refractivity contribution < 1.29 is 13.2 Å². The van der Waals surface area contributed by atoms with Crippen molar-refractivity contribution in [2.75, 3.05) is 17.6 Å². The Balaban J connectivity index is 2.48. The van der Waals surface area contributed by atoms with E-state index in [-0.39, 0.29) is 16.5 Å². The summed E-state index contributed by atoms with van der Waals surface area (Å²) < 4.78 is 31.9. The highest BCUT2D eigenvalue weighted by Gasteiger charge is 2.21. The summed E-state index contributed by atoms with van der Waals surface area (Å²) in [5.74, 6) is 0.500. The third kappa shape index (κ3) is 2.63. The molecule has 19 heavy (non-hydrogen) atoms. The van der Waals surface area contributed by atoms with Gasteiger partial charge in [0.15, 0.2) is 0 Å². The van der Waals surface area contributed by atoms with Gasteiger partial charge in [0.25, 0.3) is 10.0 Å². The fourth-order valence-electron chi connectivity index (χ4n) is 1.56. The topological polar surface area (TPSA) is 110 Å². The normalized spacial score (nSPS) is 11.3. The second-order valence-corrected chi connectivity index (χ2v) is 5.59. The zero-order valence-electron chi connectivity index (χ0n) is 10.5. The van der Waals surface area contributed by atoms with Crippen LogP contribution in [0.3, 0.4) is 0 Å². The largest absolute Gasteiger partial charge is 0.495 e. The molecule has 0 spiro atoms. The number of nitrogens with zero attached hydrogens (tertiary/aromatic N) is 1. The molecule has 0 aliphatic rings. The van der Waals surface area contributed by atoms with Crippen molar-refractivity contribution in [1.82, 2.24) is 10.2 Å². The van der Waals surface area contributed by atoms with E-state index < -0.39 is 10.0 Å². The molecule has 1 heterocycles. The van der Waals surface area contributed by atoms with Crippen LogP contribution < -0.4 is 15.2 Å². The molecule has 0 radical (unpaired) electrons.